The van der Waals surface area contributed by atoms with Gasteiger partial charge >= 0.3 is 0 Å². The lowest BCUT2D eigenvalue weighted by atomic mass is 9.82. The van der Waals surface area contributed by atoms with Crippen molar-refractivity contribution in [3.8, 4) is 5.69 Å². The summed E-state index contributed by atoms with van der Waals surface area (Å²) < 4.78 is 32.4. The van der Waals surface area contributed by atoms with Crippen LogP contribution in [0.3, 0.4) is 0 Å². The minimum Gasteiger partial charge on any atom is -0.341 e. The Morgan fingerprint density at radius 3 is 2.55 bits per heavy atom. The maximum absolute atomic E-state index is 14.4. The number of amides is 1. The molecule has 5 aromatic rings. The van der Waals surface area contributed by atoms with Crippen molar-refractivity contribution in [2.45, 2.75) is 38.8 Å². The molecule has 7 nitrogen and oxygen atoms in total. The SMILES string of the molecule is Cc1ccc2c(c1)nc1n2CC(NC(=O)c2ccc(-n3cnc(C)n3)cc2Cl)(c2cc(F)cc(F)c2)CC1. The molecule has 38 heavy (non-hydrogen) atoms. The molecule has 0 saturated carbocycles. The second-order valence-corrected chi connectivity index (χ2v) is 10.1. The van der Waals surface area contributed by atoms with Gasteiger partial charge in [0.25, 0.3) is 5.91 Å². The van der Waals surface area contributed by atoms with Crippen LogP contribution in [-0.2, 0) is 18.5 Å². The number of aryl methyl sites for hydroxylation is 3. The molecular formula is C28H23ClF2N6O. The van der Waals surface area contributed by atoms with Gasteiger partial charge < -0.3 is 9.88 Å². The van der Waals surface area contributed by atoms with Crippen LogP contribution in [0.4, 0.5) is 8.78 Å². The van der Waals surface area contributed by atoms with Crippen molar-refractivity contribution in [1.82, 2.24) is 29.6 Å². The Hall–Kier alpha value is -4.11. The van der Waals surface area contributed by atoms with E-state index in [1.165, 1.54) is 12.1 Å². The minimum atomic E-state index is -1.10. The highest BCUT2D eigenvalue weighted by Crippen LogP contribution is 2.37. The quantitative estimate of drug-likeness (QED) is 0.334. The van der Waals surface area contributed by atoms with Gasteiger partial charge in [0.2, 0.25) is 0 Å². The minimum absolute atomic E-state index is 0.216. The molecule has 1 aliphatic heterocycles. The van der Waals surface area contributed by atoms with E-state index >= 15 is 0 Å². The summed E-state index contributed by atoms with van der Waals surface area (Å²) in [5, 5.41) is 7.58. The molecule has 10 heteroatoms. The molecular weight excluding hydrogens is 510 g/mol. The number of carbonyl (C=O) groups is 1. The second kappa shape index (κ2) is 9.02. The molecule has 0 spiro atoms. The molecule has 1 aliphatic rings. The highest BCUT2D eigenvalue weighted by molar-refractivity contribution is 6.34. The number of nitrogens with one attached hydrogen (secondary N) is 1. The lowest BCUT2D eigenvalue weighted by molar-refractivity contribution is 0.0866. The van der Waals surface area contributed by atoms with Crippen molar-refractivity contribution >= 4 is 28.5 Å². The van der Waals surface area contributed by atoms with E-state index in [1.807, 2.05) is 29.7 Å². The van der Waals surface area contributed by atoms with E-state index in [0.717, 1.165) is 28.5 Å². The highest BCUT2D eigenvalue weighted by Gasteiger charge is 2.40. The molecule has 0 radical (unpaired) electrons. The van der Waals surface area contributed by atoms with Crippen molar-refractivity contribution in [3.63, 3.8) is 0 Å². The Balaban J connectivity index is 1.41. The summed E-state index contributed by atoms with van der Waals surface area (Å²) in [4.78, 5) is 22.5. The molecule has 3 heterocycles. The predicted molar refractivity (Wildman–Crippen MR) is 139 cm³/mol. The zero-order chi connectivity index (χ0) is 26.6. The molecule has 1 amide bonds. The molecule has 0 fully saturated rings. The van der Waals surface area contributed by atoms with Gasteiger partial charge in [0.1, 0.15) is 29.6 Å². The van der Waals surface area contributed by atoms with E-state index in [0.29, 0.717) is 29.9 Å². The van der Waals surface area contributed by atoms with Crippen molar-refractivity contribution in [1.29, 1.82) is 0 Å². The number of carbonyl (C=O) groups excluding carboxylic acids is 1. The van der Waals surface area contributed by atoms with Crippen LogP contribution in [0.2, 0.25) is 5.02 Å². The molecule has 3 aromatic carbocycles. The van der Waals surface area contributed by atoms with Gasteiger partial charge in [-0.05, 0) is 73.9 Å². The van der Waals surface area contributed by atoms with Crippen molar-refractivity contribution in [2.24, 2.45) is 0 Å². The summed E-state index contributed by atoms with van der Waals surface area (Å²) in [5.74, 6) is -0.416. The topological polar surface area (TPSA) is 77.6 Å². The van der Waals surface area contributed by atoms with Crippen LogP contribution >= 0.6 is 11.6 Å². The Bertz CT molecular complexity index is 1710. The zero-order valence-electron chi connectivity index (χ0n) is 20.7. The Labute approximate surface area is 222 Å². The fraction of sp³-hybridized carbons (Fsp3) is 0.214. The molecule has 1 unspecified atom stereocenters. The van der Waals surface area contributed by atoms with Crippen molar-refractivity contribution in [3.05, 3.63) is 106 Å². The summed E-state index contributed by atoms with van der Waals surface area (Å²) in [6.45, 7) is 4.02. The summed E-state index contributed by atoms with van der Waals surface area (Å²) >= 11 is 6.54. The van der Waals surface area contributed by atoms with Gasteiger partial charge in [-0.1, -0.05) is 17.7 Å². The van der Waals surface area contributed by atoms with E-state index in [2.05, 4.69) is 15.4 Å². The fourth-order valence-corrected chi connectivity index (χ4v) is 5.42. The van der Waals surface area contributed by atoms with Crippen LogP contribution in [0.25, 0.3) is 16.7 Å². The first-order valence-corrected chi connectivity index (χ1v) is 12.5. The number of benzene rings is 3. The molecule has 6 rings (SSSR count). The van der Waals surface area contributed by atoms with Crippen molar-refractivity contribution in [2.75, 3.05) is 0 Å². The van der Waals surface area contributed by atoms with Crippen LogP contribution in [0.1, 0.15) is 39.6 Å². The van der Waals surface area contributed by atoms with Crippen LogP contribution in [0, 0.1) is 25.5 Å². The first-order valence-electron chi connectivity index (χ1n) is 12.1. The van der Waals surface area contributed by atoms with Gasteiger partial charge in [0, 0.05) is 12.5 Å². The normalized spacial score (nSPS) is 17.0. The third-order valence-electron chi connectivity index (χ3n) is 7.02. The fourth-order valence-electron chi connectivity index (χ4n) is 5.16. The van der Waals surface area contributed by atoms with Gasteiger partial charge in [-0.2, -0.15) is 5.10 Å². The number of nitrogens with zero attached hydrogens (tertiary/aromatic N) is 5. The number of aromatic nitrogens is 5. The van der Waals surface area contributed by atoms with Gasteiger partial charge in [-0.15, -0.1) is 0 Å². The van der Waals surface area contributed by atoms with Gasteiger partial charge in [0.05, 0.1) is 39.4 Å². The van der Waals surface area contributed by atoms with Crippen LogP contribution < -0.4 is 5.32 Å². The third kappa shape index (κ3) is 4.22. The molecule has 2 aromatic heterocycles. The largest absolute Gasteiger partial charge is 0.341 e. The molecule has 192 valence electrons. The maximum atomic E-state index is 14.4. The Morgan fingerprint density at radius 2 is 1.84 bits per heavy atom. The van der Waals surface area contributed by atoms with Gasteiger partial charge in [-0.25, -0.2) is 23.4 Å². The summed E-state index contributed by atoms with van der Waals surface area (Å²) in [6, 6.07) is 14.3. The third-order valence-corrected chi connectivity index (χ3v) is 7.34. The summed E-state index contributed by atoms with van der Waals surface area (Å²) in [5.41, 5.74) is 2.95. The lowest BCUT2D eigenvalue weighted by Gasteiger charge is -2.39. The van der Waals surface area contributed by atoms with Crippen LogP contribution in [0.15, 0.2) is 60.9 Å². The summed E-state index contributed by atoms with van der Waals surface area (Å²) in [6.07, 6.45) is 2.47. The van der Waals surface area contributed by atoms with E-state index in [4.69, 9.17) is 16.6 Å². The smallest absolute Gasteiger partial charge is 0.253 e. The number of rotatable bonds is 4. The monoisotopic (exact) mass is 532 g/mol. The number of imidazole rings is 1. The molecule has 1 N–H and O–H groups in total. The zero-order valence-corrected chi connectivity index (χ0v) is 21.4. The lowest BCUT2D eigenvalue weighted by Crippen LogP contribution is -2.51. The average Bonchev–Trinajstić information content (AvgIpc) is 3.45. The number of fused-ring (bicyclic) bond motifs is 3. The number of halogens is 3. The van der Waals surface area contributed by atoms with E-state index in [9.17, 15) is 13.6 Å². The molecule has 0 bridgehead atoms. The first kappa shape index (κ1) is 24.2. The Morgan fingerprint density at radius 1 is 1.05 bits per heavy atom. The average molecular weight is 533 g/mol. The van der Waals surface area contributed by atoms with Gasteiger partial charge in [0.15, 0.2) is 0 Å². The molecule has 0 saturated heterocycles. The number of hydrogen-bond acceptors (Lipinski definition) is 4. The highest BCUT2D eigenvalue weighted by atomic mass is 35.5. The van der Waals surface area contributed by atoms with Crippen LogP contribution in [0.5, 0.6) is 0 Å². The summed E-state index contributed by atoms with van der Waals surface area (Å²) in [7, 11) is 0. The van der Waals surface area contributed by atoms with E-state index in [-0.39, 0.29) is 17.1 Å². The maximum Gasteiger partial charge on any atom is 0.253 e. The molecule has 0 aliphatic carbocycles. The van der Waals surface area contributed by atoms with E-state index in [1.54, 1.807) is 36.1 Å². The number of hydrogen-bond donors (Lipinski definition) is 1. The van der Waals surface area contributed by atoms with Crippen LogP contribution in [-0.4, -0.2) is 30.2 Å². The van der Waals surface area contributed by atoms with Crippen molar-refractivity contribution < 1.29 is 13.6 Å². The predicted octanol–water partition coefficient (Wildman–Crippen LogP) is 5.44. The Kier molecular flexibility index (Phi) is 5.75. The second-order valence-electron chi connectivity index (χ2n) is 9.70. The molecule has 1 atom stereocenters. The standard InChI is InChI=1S/C28H23ClF2N6O/c1-16-3-6-25-24(9-16)33-26-7-8-28(14-36(25)26,18-10-19(30)12-20(31)11-18)34-27(38)22-5-4-21(13-23(22)29)37-15-32-17(2)35-37/h3-6,9-13,15H,7-8,14H2,1-2H3,(H,34,38). The van der Waals surface area contributed by atoms with Gasteiger partial charge in [-0.3, -0.25) is 4.79 Å². The first-order chi connectivity index (χ1) is 18.2. The van der Waals surface area contributed by atoms with E-state index < -0.39 is 23.1 Å².